The largest absolute Gasteiger partial charge is 0.320 e. The molecule has 0 radical (unpaired) electrons. The second-order valence-corrected chi connectivity index (χ2v) is 6.65. The first kappa shape index (κ1) is 11.9. The molecule has 0 saturated heterocycles. The van der Waals surface area contributed by atoms with Crippen LogP contribution in [0.25, 0.3) is 21.3 Å². The number of fused-ring (bicyclic) bond motifs is 2. The third-order valence-corrected chi connectivity index (χ3v) is 5.31. The maximum Gasteiger partial charge on any atom is 0.152 e. The molecule has 98 valence electrons. The van der Waals surface area contributed by atoms with Crippen LogP contribution >= 0.6 is 23.1 Å². The normalized spacial score (nSPS) is 11.4. The Morgan fingerprint density at radius 3 is 2.70 bits per heavy atom. The fourth-order valence-corrected chi connectivity index (χ4v) is 4.13. The first-order valence-electron chi connectivity index (χ1n) is 6.28. The summed E-state index contributed by atoms with van der Waals surface area (Å²) in [6, 6.07) is 16.4. The van der Waals surface area contributed by atoms with Crippen molar-refractivity contribution < 1.29 is 0 Å². The number of para-hydroxylation sites is 3. The van der Waals surface area contributed by atoms with E-state index in [4.69, 9.17) is 0 Å². The molecule has 0 aliphatic heterocycles. The first-order valence-corrected chi connectivity index (χ1v) is 8.08. The minimum atomic E-state index is 0.834. The summed E-state index contributed by atoms with van der Waals surface area (Å²) >= 11 is 3.49. The van der Waals surface area contributed by atoms with Crippen LogP contribution in [0.1, 0.15) is 0 Å². The standard InChI is InChI=1S/C15H11N3S2/c1-3-7-13-11(5-1)16-9-18(13)10-19-15-17-12-6-2-4-8-14(12)20-15/h1-9H,10H2. The number of imidazole rings is 1. The van der Waals surface area contributed by atoms with E-state index in [2.05, 4.69) is 38.8 Å². The summed E-state index contributed by atoms with van der Waals surface area (Å²) in [7, 11) is 0. The molecule has 0 N–H and O–H groups in total. The van der Waals surface area contributed by atoms with Crippen LogP contribution < -0.4 is 0 Å². The van der Waals surface area contributed by atoms with E-state index >= 15 is 0 Å². The number of hydrogen-bond acceptors (Lipinski definition) is 4. The Hall–Kier alpha value is -1.85. The van der Waals surface area contributed by atoms with Crippen LogP contribution in [0, 0.1) is 0 Å². The van der Waals surface area contributed by atoms with Gasteiger partial charge in [-0.25, -0.2) is 9.97 Å². The van der Waals surface area contributed by atoms with Gasteiger partial charge in [0.15, 0.2) is 4.34 Å². The van der Waals surface area contributed by atoms with Gasteiger partial charge in [0.05, 0.1) is 33.5 Å². The Kier molecular flexibility index (Phi) is 2.94. The van der Waals surface area contributed by atoms with Crippen molar-refractivity contribution in [2.24, 2.45) is 0 Å². The molecule has 0 spiro atoms. The van der Waals surface area contributed by atoms with Crippen molar-refractivity contribution in [2.75, 3.05) is 0 Å². The third-order valence-electron chi connectivity index (χ3n) is 3.13. The quantitative estimate of drug-likeness (QED) is 0.525. The molecule has 4 rings (SSSR count). The van der Waals surface area contributed by atoms with Crippen molar-refractivity contribution in [3.8, 4) is 0 Å². The minimum Gasteiger partial charge on any atom is -0.320 e. The van der Waals surface area contributed by atoms with E-state index in [0.717, 1.165) is 21.2 Å². The second kappa shape index (κ2) is 4.92. The van der Waals surface area contributed by atoms with Crippen LogP contribution in [0.2, 0.25) is 0 Å². The Bertz CT molecular complexity index is 846. The fourth-order valence-electron chi connectivity index (χ4n) is 2.15. The Labute approximate surface area is 124 Å². The molecule has 20 heavy (non-hydrogen) atoms. The van der Waals surface area contributed by atoms with E-state index in [1.54, 1.807) is 23.1 Å². The lowest BCUT2D eigenvalue weighted by Gasteiger charge is -2.01. The molecule has 0 amide bonds. The first-order chi connectivity index (χ1) is 9.90. The molecule has 2 aromatic carbocycles. The molecule has 0 bridgehead atoms. The highest BCUT2D eigenvalue weighted by Crippen LogP contribution is 2.30. The summed E-state index contributed by atoms with van der Waals surface area (Å²) in [6.45, 7) is 0. The van der Waals surface area contributed by atoms with Crippen molar-refractivity contribution in [1.29, 1.82) is 0 Å². The lowest BCUT2D eigenvalue weighted by atomic mass is 10.3. The van der Waals surface area contributed by atoms with E-state index in [9.17, 15) is 0 Å². The molecule has 5 heteroatoms. The van der Waals surface area contributed by atoms with Crippen molar-refractivity contribution in [3.05, 3.63) is 54.9 Å². The highest BCUT2D eigenvalue weighted by molar-refractivity contribution is 8.00. The highest BCUT2D eigenvalue weighted by Gasteiger charge is 2.06. The molecule has 2 heterocycles. The molecular weight excluding hydrogens is 286 g/mol. The van der Waals surface area contributed by atoms with Gasteiger partial charge in [0.1, 0.15) is 0 Å². The van der Waals surface area contributed by atoms with Gasteiger partial charge in [0.25, 0.3) is 0 Å². The summed E-state index contributed by atoms with van der Waals surface area (Å²) in [5.74, 6) is 0.834. The van der Waals surface area contributed by atoms with Crippen molar-refractivity contribution in [1.82, 2.24) is 14.5 Å². The van der Waals surface area contributed by atoms with E-state index in [1.807, 2.05) is 30.6 Å². The van der Waals surface area contributed by atoms with Crippen molar-refractivity contribution in [2.45, 2.75) is 10.2 Å². The van der Waals surface area contributed by atoms with E-state index < -0.39 is 0 Å². The molecule has 0 atom stereocenters. The topological polar surface area (TPSA) is 30.7 Å². The number of nitrogens with zero attached hydrogens (tertiary/aromatic N) is 3. The third kappa shape index (κ3) is 2.09. The summed E-state index contributed by atoms with van der Waals surface area (Å²) in [5, 5.41) is 0. The SMILES string of the molecule is c1ccc2sc(SCn3cnc4ccccc43)nc2c1. The fraction of sp³-hybridized carbons (Fsp3) is 0.0667. The number of hydrogen-bond donors (Lipinski definition) is 0. The van der Waals surface area contributed by atoms with Crippen molar-refractivity contribution in [3.63, 3.8) is 0 Å². The number of rotatable bonds is 3. The van der Waals surface area contributed by atoms with Crippen LogP contribution in [-0.4, -0.2) is 14.5 Å². The Morgan fingerprint density at radius 1 is 1.00 bits per heavy atom. The Morgan fingerprint density at radius 2 is 1.80 bits per heavy atom. The molecule has 0 unspecified atom stereocenters. The molecular formula is C15H11N3S2. The summed E-state index contributed by atoms with van der Waals surface area (Å²) in [6.07, 6.45) is 1.89. The lowest BCUT2D eigenvalue weighted by Crippen LogP contribution is -1.91. The van der Waals surface area contributed by atoms with Crippen LogP contribution in [-0.2, 0) is 5.88 Å². The zero-order valence-corrected chi connectivity index (χ0v) is 12.2. The predicted molar refractivity (Wildman–Crippen MR) is 85.2 cm³/mol. The molecule has 0 saturated carbocycles. The zero-order valence-electron chi connectivity index (χ0n) is 10.6. The average Bonchev–Trinajstić information content (AvgIpc) is 3.08. The maximum atomic E-state index is 4.64. The monoisotopic (exact) mass is 297 g/mol. The molecule has 3 nitrogen and oxygen atoms in total. The molecule has 4 aromatic rings. The van der Waals surface area contributed by atoms with Gasteiger partial charge in [-0.1, -0.05) is 36.0 Å². The van der Waals surface area contributed by atoms with E-state index in [0.29, 0.717) is 0 Å². The van der Waals surface area contributed by atoms with Gasteiger partial charge < -0.3 is 4.57 Å². The van der Waals surface area contributed by atoms with Gasteiger partial charge in [-0.15, -0.1) is 11.3 Å². The molecule has 0 fully saturated rings. The smallest absolute Gasteiger partial charge is 0.152 e. The van der Waals surface area contributed by atoms with Gasteiger partial charge in [0.2, 0.25) is 0 Å². The molecule has 2 aromatic heterocycles. The van der Waals surface area contributed by atoms with Gasteiger partial charge in [-0.05, 0) is 24.3 Å². The van der Waals surface area contributed by atoms with E-state index in [1.165, 1.54) is 10.2 Å². The van der Waals surface area contributed by atoms with Crippen LogP contribution in [0.4, 0.5) is 0 Å². The van der Waals surface area contributed by atoms with Crippen LogP contribution in [0.15, 0.2) is 59.2 Å². The Balaban J connectivity index is 1.60. The van der Waals surface area contributed by atoms with Crippen LogP contribution in [0.3, 0.4) is 0 Å². The number of benzene rings is 2. The number of thiazole rings is 1. The number of thioether (sulfide) groups is 1. The number of aromatic nitrogens is 3. The van der Waals surface area contributed by atoms with Gasteiger partial charge >= 0.3 is 0 Å². The minimum absolute atomic E-state index is 0.834. The van der Waals surface area contributed by atoms with Gasteiger partial charge in [0, 0.05) is 0 Å². The summed E-state index contributed by atoms with van der Waals surface area (Å²) < 4.78 is 4.50. The highest BCUT2D eigenvalue weighted by atomic mass is 32.2. The second-order valence-electron chi connectivity index (χ2n) is 4.42. The predicted octanol–water partition coefficient (Wildman–Crippen LogP) is 4.40. The van der Waals surface area contributed by atoms with Crippen LogP contribution in [0.5, 0.6) is 0 Å². The van der Waals surface area contributed by atoms with Gasteiger partial charge in [-0.3, -0.25) is 0 Å². The molecule has 0 aliphatic rings. The molecule has 0 aliphatic carbocycles. The van der Waals surface area contributed by atoms with Gasteiger partial charge in [-0.2, -0.15) is 0 Å². The lowest BCUT2D eigenvalue weighted by molar-refractivity contribution is 0.921. The van der Waals surface area contributed by atoms with Crippen molar-refractivity contribution >= 4 is 44.3 Å². The average molecular weight is 297 g/mol. The zero-order chi connectivity index (χ0) is 13.4. The summed E-state index contributed by atoms with van der Waals surface area (Å²) in [4.78, 5) is 9.05. The summed E-state index contributed by atoms with van der Waals surface area (Å²) in [5.41, 5.74) is 3.29. The van der Waals surface area contributed by atoms with E-state index in [-0.39, 0.29) is 0 Å². The maximum absolute atomic E-state index is 4.64.